The lowest BCUT2D eigenvalue weighted by atomic mass is 10.2. The first kappa shape index (κ1) is 14.4. The van der Waals surface area contributed by atoms with Crippen LogP contribution < -0.4 is 0 Å². The first-order valence-electron chi connectivity index (χ1n) is 6.86. The molecule has 2 aromatic rings. The first-order valence-corrected chi connectivity index (χ1v) is 7.39. The van der Waals surface area contributed by atoms with Crippen molar-refractivity contribution in [2.24, 2.45) is 0 Å². The van der Waals surface area contributed by atoms with Crippen LogP contribution in [0, 0.1) is 6.92 Å². The minimum atomic E-state index is 0.434. The lowest BCUT2D eigenvalue weighted by molar-refractivity contribution is 0.124. The molecule has 0 aliphatic rings. The molecular weight excluding hydrogens is 260 g/mol. The second-order valence-corrected chi connectivity index (χ2v) is 4.99. The van der Waals surface area contributed by atoms with Crippen molar-refractivity contribution in [1.82, 2.24) is 9.55 Å². The molecule has 0 saturated carbocycles. The summed E-state index contributed by atoms with van der Waals surface area (Å²) in [5.41, 5.74) is 3.43. The molecule has 2 rings (SSSR count). The number of ether oxygens (including phenoxy) is 1. The van der Waals surface area contributed by atoms with E-state index in [2.05, 4.69) is 29.5 Å². The van der Waals surface area contributed by atoms with Crippen LogP contribution in [0.4, 0.5) is 0 Å². The summed E-state index contributed by atoms with van der Waals surface area (Å²) in [4.78, 5) is 4.58. The molecular formula is C15H21ClN2O. The van der Waals surface area contributed by atoms with Crippen LogP contribution in [0.5, 0.6) is 0 Å². The highest BCUT2D eigenvalue weighted by atomic mass is 35.5. The summed E-state index contributed by atoms with van der Waals surface area (Å²) in [6.45, 7) is 6.63. The largest absolute Gasteiger partial charge is 0.380 e. The number of imidazole rings is 1. The third-order valence-corrected chi connectivity index (χ3v) is 3.51. The zero-order chi connectivity index (χ0) is 13.7. The van der Waals surface area contributed by atoms with E-state index < -0.39 is 0 Å². The Kier molecular flexibility index (Phi) is 5.23. The van der Waals surface area contributed by atoms with Gasteiger partial charge in [0.2, 0.25) is 0 Å². The van der Waals surface area contributed by atoms with Crippen LogP contribution in [-0.2, 0) is 17.2 Å². The van der Waals surface area contributed by atoms with Crippen molar-refractivity contribution in [2.45, 2.75) is 39.1 Å². The van der Waals surface area contributed by atoms with Gasteiger partial charge in [-0.3, -0.25) is 0 Å². The Bertz CT molecular complexity index is 536. The molecule has 0 fully saturated rings. The zero-order valence-electron chi connectivity index (χ0n) is 11.7. The minimum Gasteiger partial charge on any atom is -0.380 e. The van der Waals surface area contributed by atoms with Gasteiger partial charge in [-0.2, -0.15) is 0 Å². The fraction of sp³-hybridized carbons (Fsp3) is 0.533. The van der Waals surface area contributed by atoms with Crippen molar-refractivity contribution >= 4 is 22.6 Å². The Hall–Kier alpha value is -1.06. The van der Waals surface area contributed by atoms with Crippen molar-refractivity contribution < 1.29 is 4.74 Å². The van der Waals surface area contributed by atoms with Gasteiger partial charge in [0.15, 0.2) is 0 Å². The van der Waals surface area contributed by atoms with E-state index in [1.54, 1.807) is 0 Å². The van der Waals surface area contributed by atoms with Crippen LogP contribution in [0.2, 0.25) is 0 Å². The summed E-state index contributed by atoms with van der Waals surface area (Å²) < 4.78 is 7.83. The SMILES string of the molecule is CCCCOCCn1c(CCl)nc2cccc(C)c21. The topological polar surface area (TPSA) is 27.1 Å². The second kappa shape index (κ2) is 6.92. The number of unbranched alkanes of at least 4 members (excludes halogenated alkanes) is 1. The molecule has 0 amide bonds. The summed E-state index contributed by atoms with van der Waals surface area (Å²) in [7, 11) is 0. The highest BCUT2D eigenvalue weighted by molar-refractivity contribution is 6.16. The van der Waals surface area contributed by atoms with Gasteiger partial charge in [0.1, 0.15) is 5.82 Å². The lowest BCUT2D eigenvalue weighted by Crippen LogP contribution is -2.09. The maximum Gasteiger partial charge on any atom is 0.124 e. The molecule has 0 aliphatic heterocycles. The summed E-state index contributed by atoms with van der Waals surface area (Å²) in [6, 6.07) is 6.17. The van der Waals surface area contributed by atoms with Gasteiger partial charge in [-0.05, 0) is 25.0 Å². The van der Waals surface area contributed by atoms with E-state index in [9.17, 15) is 0 Å². The Balaban J connectivity index is 2.15. The van der Waals surface area contributed by atoms with Crippen LogP contribution in [0.3, 0.4) is 0 Å². The van der Waals surface area contributed by atoms with E-state index in [1.807, 2.05) is 12.1 Å². The predicted molar refractivity (Wildman–Crippen MR) is 79.8 cm³/mol. The molecule has 104 valence electrons. The number of hydrogen-bond acceptors (Lipinski definition) is 2. The Labute approximate surface area is 119 Å². The number of fused-ring (bicyclic) bond motifs is 1. The van der Waals surface area contributed by atoms with Gasteiger partial charge in [-0.15, -0.1) is 11.6 Å². The third kappa shape index (κ3) is 3.28. The molecule has 0 saturated heterocycles. The van der Waals surface area contributed by atoms with Crippen molar-refractivity contribution in [1.29, 1.82) is 0 Å². The molecule has 3 nitrogen and oxygen atoms in total. The number of aryl methyl sites for hydroxylation is 1. The minimum absolute atomic E-state index is 0.434. The molecule has 0 N–H and O–H groups in total. The molecule has 0 unspecified atom stereocenters. The maximum atomic E-state index is 5.99. The summed E-state index contributed by atoms with van der Waals surface area (Å²) in [5.74, 6) is 1.35. The number of rotatable bonds is 7. The van der Waals surface area contributed by atoms with Gasteiger partial charge >= 0.3 is 0 Å². The fourth-order valence-electron chi connectivity index (χ4n) is 2.26. The smallest absolute Gasteiger partial charge is 0.124 e. The van der Waals surface area contributed by atoms with E-state index in [4.69, 9.17) is 16.3 Å². The maximum absolute atomic E-state index is 5.99. The second-order valence-electron chi connectivity index (χ2n) is 4.72. The summed E-state index contributed by atoms with van der Waals surface area (Å²) in [5, 5.41) is 0. The number of nitrogens with zero attached hydrogens (tertiary/aromatic N) is 2. The number of benzene rings is 1. The van der Waals surface area contributed by atoms with E-state index in [1.165, 1.54) is 17.5 Å². The van der Waals surface area contributed by atoms with Crippen molar-refractivity contribution in [3.63, 3.8) is 0 Å². The van der Waals surface area contributed by atoms with E-state index >= 15 is 0 Å². The Morgan fingerprint density at radius 2 is 2.16 bits per heavy atom. The van der Waals surface area contributed by atoms with Gasteiger partial charge in [-0.1, -0.05) is 25.5 Å². The molecule has 1 heterocycles. The standard InChI is InChI=1S/C15H21ClN2O/c1-3-4-9-19-10-8-18-14(11-16)17-13-7-5-6-12(2)15(13)18/h5-7H,3-4,8-11H2,1-2H3. The Morgan fingerprint density at radius 1 is 1.32 bits per heavy atom. The summed E-state index contributed by atoms with van der Waals surface area (Å²) >= 11 is 5.99. The van der Waals surface area contributed by atoms with Gasteiger partial charge in [0, 0.05) is 13.2 Å². The molecule has 0 atom stereocenters. The van der Waals surface area contributed by atoms with E-state index in [0.29, 0.717) is 12.5 Å². The highest BCUT2D eigenvalue weighted by Crippen LogP contribution is 2.21. The normalized spacial score (nSPS) is 11.3. The van der Waals surface area contributed by atoms with Crippen molar-refractivity contribution in [2.75, 3.05) is 13.2 Å². The number of halogens is 1. The Morgan fingerprint density at radius 3 is 2.89 bits per heavy atom. The van der Waals surface area contributed by atoms with Crippen LogP contribution in [0.25, 0.3) is 11.0 Å². The fourth-order valence-corrected chi connectivity index (χ4v) is 2.46. The van der Waals surface area contributed by atoms with Crippen LogP contribution in [0.1, 0.15) is 31.2 Å². The monoisotopic (exact) mass is 280 g/mol. The average molecular weight is 281 g/mol. The molecule has 1 aromatic carbocycles. The zero-order valence-corrected chi connectivity index (χ0v) is 12.4. The predicted octanol–water partition coefficient (Wildman–Crippen LogP) is 3.90. The number of aromatic nitrogens is 2. The van der Waals surface area contributed by atoms with Gasteiger partial charge in [0.25, 0.3) is 0 Å². The molecule has 1 aromatic heterocycles. The van der Waals surface area contributed by atoms with Crippen molar-refractivity contribution in [3.8, 4) is 0 Å². The average Bonchev–Trinajstić information content (AvgIpc) is 2.78. The van der Waals surface area contributed by atoms with Crippen molar-refractivity contribution in [3.05, 3.63) is 29.6 Å². The number of alkyl halides is 1. The molecule has 19 heavy (non-hydrogen) atoms. The lowest BCUT2D eigenvalue weighted by Gasteiger charge is -2.09. The molecule has 4 heteroatoms. The van der Waals surface area contributed by atoms with E-state index in [0.717, 1.165) is 30.9 Å². The molecule has 0 spiro atoms. The van der Waals surface area contributed by atoms with Gasteiger partial charge < -0.3 is 9.30 Å². The third-order valence-electron chi connectivity index (χ3n) is 3.27. The molecule has 0 bridgehead atoms. The molecule has 0 radical (unpaired) electrons. The molecule has 0 aliphatic carbocycles. The van der Waals surface area contributed by atoms with Gasteiger partial charge in [0.05, 0.1) is 23.5 Å². The van der Waals surface area contributed by atoms with Crippen LogP contribution in [0.15, 0.2) is 18.2 Å². The first-order chi connectivity index (χ1) is 9.27. The number of para-hydroxylation sites is 1. The number of hydrogen-bond donors (Lipinski definition) is 0. The van der Waals surface area contributed by atoms with E-state index in [-0.39, 0.29) is 0 Å². The van der Waals surface area contributed by atoms with Gasteiger partial charge in [-0.25, -0.2) is 4.98 Å². The quantitative estimate of drug-likeness (QED) is 0.568. The van der Waals surface area contributed by atoms with Crippen LogP contribution >= 0.6 is 11.6 Å². The summed E-state index contributed by atoms with van der Waals surface area (Å²) in [6.07, 6.45) is 2.28. The van der Waals surface area contributed by atoms with Crippen LogP contribution in [-0.4, -0.2) is 22.8 Å². The highest BCUT2D eigenvalue weighted by Gasteiger charge is 2.11.